The first kappa shape index (κ1) is 15.8. The molecule has 1 fully saturated rings. The summed E-state index contributed by atoms with van der Waals surface area (Å²) in [6, 6.07) is 9.73. The fraction of sp³-hybridized carbons (Fsp3) is 0.316. The van der Waals surface area contributed by atoms with E-state index in [-0.39, 0.29) is 11.8 Å². The zero-order chi connectivity index (χ0) is 17.2. The van der Waals surface area contributed by atoms with Crippen LogP contribution in [0, 0.1) is 0 Å². The van der Waals surface area contributed by atoms with Gasteiger partial charge >= 0.3 is 0 Å². The lowest BCUT2D eigenvalue weighted by Gasteiger charge is -2.34. The third-order valence-electron chi connectivity index (χ3n) is 5.10. The number of rotatable bonds is 4. The normalized spacial score (nSPS) is 16.9. The molecule has 4 rings (SSSR count). The van der Waals surface area contributed by atoms with E-state index in [9.17, 15) is 4.79 Å². The number of aromatic amines is 1. The van der Waals surface area contributed by atoms with E-state index >= 15 is 0 Å². The Bertz CT molecular complexity index is 868. The average Bonchev–Trinajstić information content (AvgIpc) is 3.12. The minimum absolute atomic E-state index is 0.0574. The summed E-state index contributed by atoms with van der Waals surface area (Å²) in [7, 11) is 0. The van der Waals surface area contributed by atoms with Crippen molar-refractivity contribution in [1.29, 1.82) is 0 Å². The molecule has 1 aromatic carbocycles. The van der Waals surface area contributed by atoms with E-state index in [0.717, 1.165) is 48.6 Å². The second-order valence-electron chi connectivity index (χ2n) is 6.53. The van der Waals surface area contributed by atoms with E-state index in [1.54, 1.807) is 12.4 Å². The molecule has 6 heteroatoms. The number of ketones is 1. The Morgan fingerprint density at radius 1 is 1.16 bits per heavy atom. The van der Waals surface area contributed by atoms with Crippen molar-refractivity contribution in [3.8, 4) is 0 Å². The number of quaternary nitrogens is 1. The number of nitrogens with one attached hydrogen (secondary N) is 2. The Kier molecular flexibility index (Phi) is 4.19. The summed E-state index contributed by atoms with van der Waals surface area (Å²) in [5.41, 5.74) is 1.81. The van der Waals surface area contributed by atoms with Gasteiger partial charge in [0.2, 0.25) is 11.7 Å². The number of hydrogen-bond acceptors (Lipinski definition) is 4. The molecule has 0 unspecified atom stereocenters. The summed E-state index contributed by atoms with van der Waals surface area (Å²) in [4.78, 5) is 28.3. The van der Waals surface area contributed by atoms with Gasteiger partial charge in [-0.1, -0.05) is 18.2 Å². The number of nitrogens with zero attached hydrogens (tertiary/aromatic N) is 3. The largest absolute Gasteiger partial charge is 0.360 e. The minimum Gasteiger partial charge on any atom is -0.360 e. The van der Waals surface area contributed by atoms with Gasteiger partial charge in [0.15, 0.2) is 0 Å². The molecule has 2 N–H and O–H groups in total. The summed E-state index contributed by atoms with van der Waals surface area (Å²) < 4.78 is 0. The number of H-pyrrole nitrogens is 1. The first-order valence-corrected chi connectivity index (χ1v) is 8.71. The van der Waals surface area contributed by atoms with Crippen molar-refractivity contribution in [2.75, 3.05) is 31.1 Å². The van der Waals surface area contributed by atoms with Crippen LogP contribution in [0.3, 0.4) is 0 Å². The molecule has 0 spiro atoms. The lowest BCUT2D eigenvalue weighted by molar-refractivity contribution is -0.914. The van der Waals surface area contributed by atoms with Gasteiger partial charge in [-0.05, 0) is 19.1 Å². The molecule has 0 radical (unpaired) electrons. The molecule has 3 heterocycles. The monoisotopic (exact) mass is 336 g/mol. The van der Waals surface area contributed by atoms with E-state index in [0.29, 0.717) is 0 Å². The van der Waals surface area contributed by atoms with Crippen molar-refractivity contribution in [3.05, 3.63) is 54.5 Å². The predicted octanol–water partition coefficient (Wildman–Crippen LogP) is 0.934. The Morgan fingerprint density at radius 2 is 1.88 bits per heavy atom. The average molecular weight is 336 g/mol. The van der Waals surface area contributed by atoms with Crippen LogP contribution in [0.2, 0.25) is 0 Å². The SMILES string of the molecule is C[C@@H](C(=O)c1c[nH]c2ccccc12)[NH+]1CCN(c2ncccn2)CC1. The maximum absolute atomic E-state index is 13.0. The smallest absolute Gasteiger partial charge is 0.225 e. The molecule has 0 aliphatic carbocycles. The van der Waals surface area contributed by atoms with Gasteiger partial charge in [0.1, 0.15) is 6.04 Å². The highest BCUT2D eigenvalue weighted by Crippen LogP contribution is 2.18. The third-order valence-corrected chi connectivity index (χ3v) is 5.10. The van der Waals surface area contributed by atoms with Crippen molar-refractivity contribution >= 4 is 22.6 Å². The van der Waals surface area contributed by atoms with Crippen LogP contribution in [-0.4, -0.2) is 53.0 Å². The topological polar surface area (TPSA) is 66.3 Å². The van der Waals surface area contributed by atoms with Crippen molar-refractivity contribution in [2.24, 2.45) is 0 Å². The zero-order valence-electron chi connectivity index (χ0n) is 14.3. The summed E-state index contributed by atoms with van der Waals surface area (Å²) in [5.74, 6) is 0.981. The van der Waals surface area contributed by atoms with Gasteiger partial charge < -0.3 is 14.8 Å². The van der Waals surface area contributed by atoms with E-state index in [2.05, 4.69) is 19.9 Å². The van der Waals surface area contributed by atoms with Gasteiger partial charge in [-0.2, -0.15) is 0 Å². The lowest BCUT2D eigenvalue weighted by atomic mass is 10.0. The molecular weight excluding hydrogens is 314 g/mol. The number of carbonyl (C=O) groups is 1. The fourth-order valence-corrected chi connectivity index (χ4v) is 3.58. The molecule has 128 valence electrons. The summed E-state index contributed by atoms with van der Waals surface area (Å²) >= 11 is 0. The van der Waals surface area contributed by atoms with Crippen LogP contribution in [0.4, 0.5) is 5.95 Å². The van der Waals surface area contributed by atoms with Crippen LogP contribution in [0.5, 0.6) is 0 Å². The second-order valence-corrected chi connectivity index (χ2v) is 6.53. The van der Waals surface area contributed by atoms with Gasteiger partial charge in [0, 0.05) is 35.1 Å². The number of carbonyl (C=O) groups excluding carboxylic acids is 1. The van der Waals surface area contributed by atoms with Gasteiger partial charge in [0.05, 0.1) is 26.2 Å². The molecule has 2 aromatic heterocycles. The van der Waals surface area contributed by atoms with Crippen molar-refractivity contribution < 1.29 is 9.69 Å². The number of piperazine rings is 1. The molecule has 1 saturated heterocycles. The van der Waals surface area contributed by atoms with Gasteiger partial charge in [-0.15, -0.1) is 0 Å². The highest BCUT2D eigenvalue weighted by molar-refractivity contribution is 6.09. The Balaban J connectivity index is 1.45. The molecule has 0 saturated carbocycles. The van der Waals surface area contributed by atoms with Crippen molar-refractivity contribution in [1.82, 2.24) is 15.0 Å². The molecule has 3 aromatic rings. The van der Waals surface area contributed by atoms with E-state index < -0.39 is 0 Å². The Morgan fingerprint density at radius 3 is 2.64 bits per heavy atom. The molecule has 6 nitrogen and oxygen atoms in total. The number of aromatic nitrogens is 3. The molecule has 1 aliphatic rings. The highest BCUT2D eigenvalue weighted by atomic mass is 16.1. The zero-order valence-corrected chi connectivity index (χ0v) is 14.3. The predicted molar refractivity (Wildman–Crippen MR) is 97.0 cm³/mol. The Hall–Kier alpha value is -2.73. The van der Waals surface area contributed by atoms with Crippen LogP contribution in [0.15, 0.2) is 48.9 Å². The van der Waals surface area contributed by atoms with E-state index in [4.69, 9.17) is 0 Å². The molecular formula is C19H22N5O+. The van der Waals surface area contributed by atoms with Crippen molar-refractivity contribution in [3.63, 3.8) is 0 Å². The number of fused-ring (bicyclic) bond motifs is 1. The van der Waals surface area contributed by atoms with Gasteiger partial charge in [-0.3, -0.25) is 4.79 Å². The van der Waals surface area contributed by atoms with Gasteiger partial charge in [-0.25, -0.2) is 9.97 Å². The summed E-state index contributed by atoms with van der Waals surface area (Å²) in [5, 5.41) is 1.01. The standard InChI is InChI=1S/C19H21N5O/c1-14(18(25)16-13-22-17-6-3-2-5-15(16)17)23-9-11-24(12-10-23)19-20-7-4-8-21-19/h2-8,13-14,22H,9-12H2,1H3/p+1/t14-/m0/s1. The third kappa shape index (κ3) is 3.00. The van der Waals surface area contributed by atoms with Crippen LogP contribution < -0.4 is 9.80 Å². The maximum Gasteiger partial charge on any atom is 0.225 e. The van der Waals surface area contributed by atoms with Crippen molar-refractivity contribution in [2.45, 2.75) is 13.0 Å². The molecule has 1 atom stereocenters. The highest BCUT2D eigenvalue weighted by Gasteiger charge is 2.31. The van der Waals surface area contributed by atoms with Crippen LogP contribution in [0.1, 0.15) is 17.3 Å². The van der Waals surface area contributed by atoms with Crippen LogP contribution in [0.25, 0.3) is 10.9 Å². The first-order valence-electron chi connectivity index (χ1n) is 8.71. The maximum atomic E-state index is 13.0. The van der Waals surface area contributed by atoms with Crippen LogP contribution >= 0.6 is 0 Å². The second kappa shape index (κ2) is 6.64. The van der Waals surface area contributed by atoms with Gasteiger partial charge in [0.25, 0.3) is 0 Å². The van der Waals surface area contributed by atoms with E-state index in [1.165, 1.54) is 4.90 Å². The number of hydrogen-bond donors (Lipinski definition) is 2. The summed E-state index contributed by atoms with van der Waals surface area (Å²) in [6.45, 7) is 5.59. The van der Waals surface area contributed by atoms with E-state index in [1.807, 2.05) is 43.5 Å². The van der Waals surface area contributed by atoms with Crippen LogP contribution in [-0.2, 0) is 0 Å². The number of Topliss-reactive ketones (excluding diaryl/α,β-unsaturated/α-hetero) is 1. The molecule has 25 heavy (non-hydrogen) atoms. The molecule has 0 amide bonds. The first-order chi connectivity index (χ1) is 12.2. The number of benzene rings is 1. The summed E-state index contributed by atoms with van der Waals surface area (Å²) in [6.07, 6.45) is 5.38. The fourth-order valence-electron chi connectivity index (χ4n) is 3.58. The molecule has 0 bridgehead atoms. The molecule has 1 aliphatic heterocycles. The number of anilines is 1. The quantitative estimate of drug-likeness (QED) is 0.696. The lowest BCUT2D eigenvalue weighted by Crippen LogP contribution is -3.18. The minimum atomic E-state index is -0.0574. The number of para-hydroxylation sites is 1. The Labute approximate surface area is 146 Å².